The number of rotatable bonds is 3. The van der Waals surface area contributed by atoms with Gasteiger partial charge in [-0.3, -0.25) is 9.59 Å². The lowest BCUT2D eigenvalue weighted by molar-refractivity contribution is -0.140. The zero-order valence-corrected chi connectivity index (χ0v) is 9.61. The molecule has 1 amide bonds. The van der Waals surface area contributed by atoms with Gasteiger partial charge in [-0.1, -0.05) is 30.3 Å². The third-order valence-electron chi connectivity index (χ3n) is 3.05. The molecule has 1 fully saturated rings. The highest BCUT2D eigenvalue weighted by atomic mass is 16.2. The number of nitrogens with one attached hydrogen (secondary N) is 1. The summed E-state index contributed by atoms with van der Waals surface area (Å²) in [6.45, 7) is 4.28. The van der Waals surface area contributed by atoms with Gasteiger partial charge in [0.05, 0.1) is 5.92 Å². The Morgan fingerprint density at radius 3 is 2.88 bits per heavy atom. The first-order chi connectivity index (χ1) is 8.24. The summed E-state index contributed by atoms with van der Waals surface area (Å²) in [4.78, 5) is 23.2. The van der Waals surface area contributed by atoms with Crippen LogP contribution in [-0.4, -0.2) is 18.2 Å². The molecule has 1 aliphatic heterocycles. The normalized spacial score (nSPS) is 19.9. The van der Waals surface area contributed by atoms with E-state index in [0.717, 1.165) is 17.5 Å². The van der Waals surface area contributed by atoms with E-state index in [0.29, 0.717) is 13.0 Å². The van der Waals surface area contributed by atoms with Crippen molar-refractivity contribution >= 4 is 11.7 Å². The number of hydrogen-bond acceptors (Lipinski definition) is 2. The number of hydrogen-bond donors (Lipinski definition) is 1. The number of allylic oxidation sites excluding steroid dienone is 1. The zero-order chi connectivity index (χ0) is 12.3. The van der Waals surface area contributed by atoms with E-state index < -0.39 is 5.91 Å². The standard InChI is InChI=1S/C14H15NO2/c1-2-5-10-6-3-4-7-11(10)12-8-9-15-14(17)13(12)16/h2-4,6-7,12H,1,5,8-9H2,(H,15,17). The van der Waals surface area contributed by atoms with Crippen LogP contribution in [0.4, 0.5) is 0 Å². The number of amides is 1. The van der Waals surface area contributed by atoms with Gasteiger partial charge in [-0.2, -0.15) is 0 Å². The fourth-order valence-electron chi connectivity index (χ4n) is 2.22. The molecule has 88 valence electrons. The predicted octanol–water partition coefficient (Wildman–Crippen LogP) is 1.59. The Morgan fingerprint density at radius 1 is 1.35 bits per heavy atom. The Balaban J connectivity index is 2.35. The zero-order valence-electron chi connectivity index (χ0n) is 9.61. The number of carbonyl (C=O) groups excluding carboxylic acids is 2. The molecule has 0 radical (unpaired) electrons. The monoisotopic (exact) mass is 229 g/mol. The van der Waals surface area contributed by atoms with Crippen LogP contribution in [-0.2, 0) is 16.0 Å². The molecule has 1 aliphatic rings. The average Bonchev–Trinajstić information content (AvgIpc) is 2.34. The molecule has 1 aromatic rings. The molecule has 3 heteroatoms. The average molecular weight is 229 g/mol. The lowest BCUT2D eigenvalue weighted by atomic mass is 9.85. The Labute approximate surface area is 101 Å². The number of piperidine rings is 1. The van der Waals surface area contributed by atoms with E-state index in [1.807, 2.05) is 30.3 Å². The SMILES string of the molecule is C=CCc1ccccc1C1CCNC(=O)C1=O. The lowest BCUT2D eigenvalue weighted by Gasteiger charge is -2.22. The topological polar surface area (TPSA) is 46.2 Å². The molecule has 1 unspecified atom stereocenters. The maximum absolute atomic E-state index is 11.8. The quantitative estimate of drug-likeness (QED) is 0.632. The summed E-state index contributed by atoms with van der Waals surface area (Å²) in [5.74, 6) is -1.08. The van der Waals surface area contributed by atoms with Gasteiger partial charge in [-0.15, -0.1) is 6.58 Å². The third-order valence-corrected chi connectivity index (χ3v) is 3.05. The maximum atomic E-state index is 11.8. The minimum atomic E-state index is -0.463. The summed E-state index contributed by atoms with van der Waals surface area (Å²) >= 11 is 0. The number of carbonyl (C=O) groups is 2. The van der Waals surface area contributed by atoms with Crippen LogP contribution < -0.4 is 5.32 Å². The van der Waals surface area contributed by atoms with Crippen LogP contribution in [0.15, 0.2) is 36.9 Å². The number of benzene rings is 1. The molecular weight excluding hydrogens is 214 g/mol. The fourth-order valence-corrected chi connectivity index (χ4v) is 2.22. The molecule has 1 N–H and O–H groups in total. The van der Waals surface area contributed by atoms with Gasteiger partial charge in [0.25, 0.3) is 5.91 Å². The van der Waals surface area contributed by atoms with Crippen molar-refractivity contribution in [1.82, 2.24) is 5.32 Å². The first kappa shape index (κ1) is 11.6. The summed E-state index contributed by atoms with van der Waals surface area (Å²) in [6.07, 6.45) is 3.21. The van der Waals surface area contributed by atoms with Crippen LogP contribution in [0.2, 0.25) is 0 Å². The van der Waals surface area contributed by atoms with Crippen molar-refractivity contribution in [2.45, 2.75) is 18.8 Å². The van der Waals surface area contributed by atoms with Crippen LogP contribution in [0.25, 0.3) is 0 Å². The minimum Gasteiger partial charge on any atom is -0.349 e. The molecule has 3 nitrogen and oxygen atoms in total. The second-order valence-electron chi connectivity index (χ2n) is 4.15. The molecule has 2 rings (SSSR count). The Bertz CT molecular complexity index is 465. The van der Waals surface area contributed by atoms with Crippen molar-refractivity contribution in [1.29, 1.82) is 0 Å². The van der Waals surface area contributed by atoms with Crippen LogP contribution in [0.5, 0.6) is 0 Å². The minimum absolute atomic E-state index is 0.292. The first-order valence-corrected chi connectivity index (χ1v) is 5.74. The van der Waals surface area contributed by atoms with E-state index in [2.05, 4.69) is 11.9 Å². The van der Waals surface area contributed by atoms with Crippen LogP contribution in [0.3, 0.4) is 0 Å². The van der Waals surface area contributed by atoms with Gasteiger partial charge in [0, 0.05) is 6.54 Å². The van der Waals surface area contributed by atoms with Gasteiger partial charge in [-0.25, -0.2) is 0 Å². The van der Waals surface area contributed by atoms with E-state index in [1.54, 1.807) is 0 Å². The molecule has 1 atom stereocenters. The summed E-state index contributed by atoms with van der Waals surface area (Å²) in [7, 11) is 0. The van der Waals surface area contributed by atoms with Crippen molar-refractivity contribution in [2.75, 3.05) is 6.54 Å². The number of ketones is 1. The van der Waals surface area contributed by atoms with Crippen molar-refractivity contribution < 1.29 is 9.59 Å². The molecule has 0 aliphatic carbocycles. The molecule has 0 spiro atoms. The molecule has 0 saturated carbocycles. The van der Waals surface area contributed by atoms with Gasteiger partial charge < -0.3 is 5.32 Å². The van der Waals surface area contributed by atoms with Gasteiger partial charge in [0.2, 0.25) is 5.78 Å². The Hall–Kier alpha value is -1.90. The van der Waals surface area contributed by atoms with E-state index in [4.69, 9.17) is 0 Å². The van der Waals surface area contributed by atoms with E-state index in [1.165, 1.54) is 0 Å². The van der Waals surface area contributed by atoms with Gasteiger partial charge in [0.1, 0.15) is 0 Å². The highest BCUT2D eigenvalue weighted by Gasteiger charge is 2.31. The lowest BCUT2D eigenvalue weighted by Crippen LogP contribution is -2.41. The second-order valence-corrected chi connectivity index (χ2v) is 4.15. The fraction of sp³-hybridized carbons (Fsp3) is 0.286. The molecule has 0 aromatic heterocycles. The van der Waals surface area contributed by atoms with Crippen molar-refractivity contribution in [3.63, 3.8) is 0 Å². The van der Waals surface area contributed by atoms with E-state index in [-0.39, 0.29) is 11.7 Å². The highest BCUT2D eigenvalue weighted by molar-refractivity contribution is 6.38. The second kappa shape index (κ2) is 4.95. The molecule has 0 bridgehead atoms. The number of Topliss-reactive ketones (excluding diaryl/α,β-unsaturated/α-hetero) is 1. The van der Waals surface area contributed by atoms with Crippen molar-refractivity contribution in [2.24, 2.45) is 0 Å². The molecule has 1 saturated heterocycles. The van der Waals surface area contributed by atoms with Gasteiger partial charge >= 0.3 is 0 Å². The highest BCUT2D eigenvalue weighted by Crippen LogP contribution is 2.26. The van der Waals surface area contributed by atoms with Gasteiger partial charge in [-0.05, 0) is 24.0 Å². The van der Waals surface area contributed by atoms with Crippen LogP contribution in [0.1, 0.15) is 23.5 Å². The predicted molar refractivity (Wildman–Crippen MR) is 65.7 cm³/mol. The molecule has 17 heavy (non-hydrogen) atoms. The molecule has 1 aromatic carbocycles. The summed E-state index contributed by atoms with van der Waals surface area (Å²) < 4.78 is 0. The Morgan fingerprint density at radius 2 is 2.12 bits per heavy atom. The third kappa shape index (κ3) is 2.28. The van der Waals surface area contributed by atoms with Crippen molar-refractivity contribution in [3.8, 4) is 0 Å². The van der Waals surface area contributed by atoms with Gasteiger partial charge in [0.15, 0.2) is 0 Å². The van der Waals surface area contributed by atoms with Crippen LogP contribution >= 0.6 is 0 Å². The first-order valence-electron chi connectivity index (χ1n) is 5.74. The van der Waals surface area contributed by atoms with E-state index in [9.17, 15) is 9.59 Å². The largest absolute Gasteiger partial charge is 0.349 e. The molecular formula is C14H15NO2. The van der Waals surface area contributed by atoms with Crippen LogP contribution in [0, 0.1) is 0 Å². The summed E-state index contributed by atoms with van der Waals surface area (Å²) in [5, 5.41) is 2.57. The van der Waals surface area contributed by atoms with Crippen molar-refractivity contribution in [3.05, 3.63) is 48.0 Å². The smallest absolute Gasteiger partial charge is 0.288 e. The van der Waals surface area contributed by atoms with E-state index >= 15 is 0 Å². The molecule has 1 heterocycles. The summed E-state index contributed by atoms with van der Waals surface area (Å²) in [6, 6.07) is 7.76. The maximum Gasteiger partial charge on any atom is 0.288 e. The Kier molecular flexibility index (Phi) is 3.38. The summed E-state index contributed by atoms with van der Waals surface area (Å²) in [5.41, 5.74) is 2.04.